The fourth-order valence-corrected chi connectivity index (χ4v) is 2.44. The predicted octanol–water partition coefficient (Wildman–Crippen LogP) is 3.97. The molecule has 2 aromatic carbocycles. The lowest BCUT2D eigenvalue weighted by molar-refractivity contribution is -0.196. The number of ether oxygens (including phenoxy) is 1. The first-order valence-corrected chi connectivity index (χ1v) is 7.43. The minimum atomic E-state index is -4.96. The molecule has 0 bridgehead atoms. The van der Waals surface area contributed by atoms with E-state index in [1.807, 2.05) is 6.07 Å². The average Bonchev–Trinajstić information content (AvgIpc) is 2.59. The van der Waals surface area contributed by atoms with Crippen molar-refractivity contribution in [3.05, 3.63) is 71.8 Å². The summed E-state index contributed by atoms with van der Waals surface area (Å²) in [4.78, 5) is 12.6. The quantitative estimate of drug-likeness (QED) is 0.747. The lowest BCUT2D eigenvalue weighted by atomic mass is 10.1. The molecule has 0 saturated heterocycles. The smallest absolute Gasteiger partial charge is 0.357 e. The maximum Gasteiger partial charge on any atom is 0.471 e. The van der Waals surface area contributed by atoms with Crippen molar-refractivity contribution in [1.29, 1.82) is 0 Å². The maximum absolute atomic E-state index is 13.0. The number of halogens is 3. The van der Waals surface area contributed by atoms with Gasteiger partial charge in [0, 0.05) is 19.2 Å². The van der Waals surface area contributed by atoms with Gasteiger partial charge in [-0.05, 0) is 12.0 Å². The van der Waals surface area contributed by atoms with Gasteiger partial charge in [0.05, 0.1) is 0 Å². The average molecular weight is 337 g/mol. The number of nitrogens with zero attached hydrogens (tertiary/aromatic N) is 1. The van der Waals surface area contributed by atoms with E-state index in [0.29, 0.717) is 12.0 Å². The molecule has 0 aromatic heterocycles. The Morgan fingerprint density at radius 2 is 1.58 bits per heavy atom. The summed E-state index contributed by atoms with van der Waals surface area (Å²) in [5.74, 6) is -1.91. The first kappa shape index (κ1) is 18.0. The third-order valence-corrected chi connectivity index (χ3v) is 3.58. The first-order chi connectivity index (χ1) is 11.4. The highest BCUT2D eigenvalue weighted by atomic mass is 19.4. The van der Waals surface area contributed by atoms with Gasteiger partial charge < -0.3 is 9.64 Å². The Kier molecular flexibility index (Phi) is 5.98. The summed E-state index contributed by atoms with van der Waals surface area (Å²) < 4.78 is 44.2. The molecule has 0 saturated carbocycles. The lowest BCUT2D eigenvalue weighted by Crippen LogP contribution is -2.44. The van der Waals surface area contributed by atoms with Crippen LogP contribution in [-0.4, -0.2) is 30.6 Å². The van der Waals surface area contributed by atoms with Crippen LogP contribution in [0.4, 0.5) is 13.2 Å². The second-order valence-corrected chi connectivity index (χ2v) is 5.23. The number of benzene rings is 2. The van der Waals surface area contributed by atoms with E-state index >= 15 is 0 Å². The van der Waals surface area contributed by atoms with E-state index in [1.165, 1.54) is 7.11 Å². The number of carbonyl (C=O) groups excluding carboxylic acids is 1. The molecule has 24 heavy (non-hydrogen) atoms. The first-order valence-electron chi connectivity index (χ1n) is 7.43. The Bertz CT molecular complexity index is 644. The Morgan fingerprint density at radius 3 is 2.08 bits per heavy atom. The van der Waals surface area contributed by atoms with Crippen LogP contribution in [0.1, 0.15) is 17.4 Å². The van der Waals surface area contributed by atoms with E-state index < -0.39 is 18.3 Å². The minimum absolute atomic E-state index is 0.101. The molecule has 2 aromatic rings. The van der Waals surface area contributed by atoms with Gasteiger partial charge in [0.1, 0.15) is 0 Å². The molecule has 128 valence electrons. The predicted molar refractivity (Wildman–Crippen MR) is 84.1 cm³/mol. The molecule has 1 atom stereocenters. The van der Waals surface area contributed by atoms with Crippen LogP contribution in [0.3, 0.4) is 0 Å². The molecular weight excluding hydrogens is 319 g/mol. The number of hydrogen-bond acceptors (Lipinski definition) is 2. The van der Waals surface area contributed by atoms with Crippen LogP contribution < -0.4 is 0 Å². The highest BCUT2D eigenvalue weighted by molar-refractivity contribution is 5.82. The van der Waals surface area contributed by atoms with Crippen LogP contribution in [0, 0.1) is 0 Å². The van der Waals surface area contributed by atoms with Gasteiger partial charge in [0.25, 0.3) is 0 Å². The molecule has 0 aliphatic rings. The van der Waals surface area contributed by atoms with E-state index in [0.717, 1.165) is 10.5 Å². The lowest BCUT2D eigenvalue weighted by Gasteiger charge is -2.31. The van der Waals surface area contributed by atoms with Crippen LogP contribution in [0.15, 0.2) is 60.7 Å². The third kappa shape index (κ3) is 4.58. The van der Waals surface area contributed by atoms with E-state index in [4.69, 9.17) is 4.74 Å². The third-order valence-electron chi connectivity index (χ3n) is 3.58. The SMILES string of the molecule is CO[C@H](c1ccccc1)N(CCc1ccccc1)C(=O)C(F)(F)F. The van der Waals surface area contributed by atoms with Gasteiger partial charge in [-0.2, -0.15) is 13.2 Å². The molecule has 2 rings (SSSR count). The van der Waals surface area contributed by atoms with Crippen molar-refractivity contribution in [2.45, 2.75) is 18.8 Å². The number of rotatable bonds is 6. The molecule has 0 heterocycles. The second kappa shape index (κ2) is 7.97. The summed E-state index contributed by atoms with van der Waals surface area (Å²) in [6.07, 6.45) is -5.75. The van der Waals surface area contributed by atoms with Crippen LogP contribution in [-0.2, 0) is 16.0 Å². The van der Waals surface area contributed by atoms with Crippen molar-refractivity contribution >= 4 is 5.91 Å². The molecule has 0 aliphatic carbocycles. The molecule has 0 unspecified atom stereocenters. The molecule has 0 radical (unpaired) electrons. The van der Waals surface area contributed by atoms with Gasteiger partial charge in [-0.15, -0.1) is 0 Å². The summed E-state index contributed by atoms with van der Waals surface area (Å²) in [6.45, 7) is -0.101. The molecule has 1 amide bonds. The molecule has 0 spiro atoms. The highest BCUT2D eigenvalue weighted by Gasteiger charge is 2.45. The Balaban J connectivity index is 2.26. The minimum Gasteiger partial charge on any atom is -0.357 e. The second-order valence-electron chi connectivity index (χ2n) is 5.23. The van der Waals surface area contributed by atoms with E-state index in [-0.39, 0.29) is 6.54 Å². The highest BCUT2D eigenvalue weighted by Crippen LogP contribution is 2.28. The molecule has 0 aliphatic heterocycles. The summed E-state index contributed by atoms with van der Waals surface area (Å²) in [6, 6.07) is 17.4. The number of carbonyl (C=O) groups is 1. The van der Waals surface area contributed by atoms with Crippen molar-refractivity contribution in [3.8, 4) is 0 Å². The fourth-order valence-electron chi connectivity index (χ4n) is 2.44. The van der Waals surface area contributed by atoms with Crippen LogP contribution >= 0.6 is 0 Å². The van der Waals surface area contributed by atoms with Crippen molar-refractivity contribution < 1.29 is 22.7 Å². The summed E-state index contributed by atoms with van der Waals surface area (Å²) in [5, 5.41) is 0. The monoisotopic (exact) mass is 337 g/mol. The Labute approximate surface area is 138 Å². The normalized spacial score (nSPS) is 12.7. The number of methoxy groups -OCH3 is 1. The van der Waals surface area contributed by atoms with Gasteiger partial charge in [0.15, 0.2) is 6.23 Å². The fraction of sp³-hybridized carbons (Fsp3) is 0.278. The number of amides is 1. The zero-order valence-electron chi connectivity index (χ0n) is 13.2. The van der Waals surface area contributed by atoms with Gasteiger partial charge in [-0.25, -0.2) is 0 Å². The molecule has 0 N–H and O–H groups in total. The number of alkyl halides is 3. The summed E-state index contributed by atoms with van der Waals surface area (Å²) in [7, 11) is 1.29. The van der Waals surface area contributed by atoms with Crippen molar-refractivity contribution in [2.75, 3.05) is 13.7 Å². The van der Waals surface area contributed by atoms with Crippen LogP contribution in [0.5, 0.6) is 0 Å². The molecule has 0 fully saturated rings. The largest absolute Gasteiger partial charge is 0.471 e. The van der Waals surface area contributed by atoms with Gasteiger partial charge in [-0.1, -0.05) is 60.7 Å². The van der Waals surface area contributed by atoms with Gasteiger partial charge in [-0.3, -0.25) is 4.79 Å². The maximum atomic E-state index is 13.0. The van der Waals surface area contributed by atoms with E-state index in [2.05, 4.69) is 0 Å². The van der Waals surface area contributed by atoms with Crippen molar-refractivity contribution in [3.63, 3.8) is 0 Å². The van der Waals surface area contributed by atoms with E-state index in [1.54, 1.807) is 54.6 Å². The zero-order chi connectivity index (χ0) is 17.6. The van der Waals surface area contributed by atoms with Gasteiger partial charge >= 0.3 is 12.1 Å². The van der Waals surface area contributed by atoms with Crippen LogP contribution in [0.2, 0.25) is 0 Å². The topological polar surface area (TPSA) is 29.5 Å². The van der Waals surface area contributed by atoms with Crippen LogP contribution in [0.25, 0.3) is 0 Å². The van der Waals surface area contributed by atoms with Crippen molar-refractivity contribution in [1.82, 2.24) is 4.90 Å². The Hall–Kier alpha value is -2.34. The Morgan fingerprint density at radius 1 is 1.04 bits per heavy atom. The standard InChI is InChI=1S/C18H18F3NO2/c1-24-16(15-10-6-3-7-11-15)22(17(23)18(19,20)21)13-12-14-8-4-2-5-9-14/h2-11,16H,12-13H2,1H3/t16-/m1/s1. The molecule has 3 nitrogen and oxygen atoms in total. The van der Waals surface area contributed by atoms with Gasteiger partial charge in [0.2, 0.25) is 0 Å². The van der Waals surface area contributed by atoms with Crippen molar-refractivity contribution in [2.24, 2.45) is 0 Å². The van der Waals surface area contributed by atoms with E-state index in [9.17, 15) is 18.0 Å². The summed E-state index contributed by atoms with van der Waals surface area (Å²) >= 11 is 0. The molecule has 6 heteroatoms. The molecular formula is C18H18F3NO2. The zero-order valence-corrected chi connectivity index (χ0v) is 13.2. The summed E-state index contributed by atoms with van der Waals surface area (Å²) in [5.41, 5.74) is 1.34. The number of hydrogen-bond donors (Lipinski definition) is 0.